The third-order valence-corrected chi connectivity index (χ3v) is 5.13. The minimum Gasteiger partial charge on any atom is -0.444 e. The van der Waals surface area contributed by atoms with Gasteiger partial charge in [-0.1, -0.05) is 18.2 Å². The van der Waals surface area contributed by atoms with E-state index in [1.54, 1.807) is 6.26 Å². The van der Waals surface area contributed by atoms with Crippen molar-refractivity contribution in [1.29, 1.82) is 0 Å². The molecule has 1 fully saturated rings. The van der Waals surface area contributed by atoms with E-state index in [0.717, 1.165) is 49.7 Å². The molecule has 166 valence electrons. The van der Waals surface area contributed by atoms with Crippen LogP contribution in [0.1, 0.15) is 25.5 Å². The Morgan fingerprint density at radius 1 is 1.29 bits per heavy atom. The summed E-state index contributed by atoms with van der Waals surface area (Å²) in [6.07, 6.45) is 7.92. The molecule has 0 radical (unpaired) electrons. The van der Waals surface area contributed by atoms with Crippen molar-refractivity contribution in [3.63, 3.8) is 0 Å². The molecule has 2 N–H and O–H groups in total. The van der Waals surface area contributed by atoms with Gasteiger partial charge in [-0.05, 0) is 31.9 Å². The number of halogens is 1. The molecule has 1 atom stereocenters. The lowest BCUT2D eigenvalue weighted by Gasteiger charge is -2.34. The molecule has 1 saturated heterocycles. The molecular formula is C22H30IN7O. The zero-order valence-corrected chi connectivity index (χ0v) is 20.3. The number of aliphatic imine (C=N–C) groups is 1. The molecule has 1 aliphatic heterocycles. The highest BCUT2D eigenvalue weighted by Crippen LogP contribution is 2.20. The number of nitrogens with one attached hydrogen (secondary N) is 2. The molecule has 2 aromatic heterocycles. The SMILES string of the molecule is CCNC(=NCc1coc(-c2ccccc2)n1)NC1CCCN(c2cnn(C)c2)C1.I. The number of guanidine groups is 1. The van der Waals surface area contributed by atoms with E-state index in [2.05, 4.69) is 38.7 Å². The molecular weight excluding hydrogens is 505 g/mol. The first-order chi connectivity index (χ1) is 14.7. The molecule has 0 bridgehead atoms. The first-order valence-electron chi connectivity index (χ1n) is 10.5. The van der Waals surface area contributed by atoms with Crippen LogP contribution in [0, 0.1) is 0 Å². The molecule has 1 unspecified atom stereocenters. The van der Waals surface area contributed by atoms with E-state index in [0.29, 0.717) is 18.5 Å². The van der Waals surface area contributed by atoms with Gasteiger partial charge in [0.1, 0.15) is 12.0 Å². The minimum absolute atomic E-state index is 0. The topological polar surface area (TPSA) is 83.5 Å². The summed E-state index contributed by atoms with van der Waals surface area (Å²) in [6.45, 7) is 5.32. The number of rotatable bonds is 6. The fourth-order valence-corrected chi connectivity index (χ4v) is 3.67. The zero-order valence-electron chi connectivity index (χ0n) is 18.0. The van der Waals surface area contributed by atoms with Gasteiger partial charge < -0.3 is 20.0 Å². The van der Waals surface area contributed by atoms with E-state index in [9.17, 15) is 0 Å². The number of hydrogen-bond donors (Lipinski definition) is 2. The Kier molecular flexibility index (Phi) is 8.33. The molecule has 0 amide bonds. The van der Waals surface area contributed by atoms with E-state index in [-0.39, 0.29) is 24.0 Å². The van der Waals surface area contributed by atoms with Gasteiger partial charge in [0.25, 0.3) is 0 Å². The maximum atomic E-state index is 5.62. The van der Waals surface area contributed by atoms with Crippen LogP contribution in [0.4, 0.5) is 5.69 Å². The van der Waals surface area contributed by atoms with Crippen LogP contribution in [-0.4, -0.2) is 46.4 Å². The Labute approximate surface area is 200 Å². The van der Waals surface area contributed by atoms with Crippen LogP contribution in [0.2, 0.25) is 0 Å². The van der Waals surface area contributed by atoms with Crippen molar-refractivity contribution in [2.24, 2.45) is 12.0 Å². The normalized spacial score (nSPS) is 16.6. The molecule has 0 aliphatic carbocycles. The van der Waals surface area contributed by atoms with Gasteiger partial charge in [-0.25, -0.2) is 9.98 Å². The largest absolute Gasteiger partial charge is 0.444 e. The van der Waals surface area contributed by atoms with E-state index in [4.69, 9.17) is 9.41 Å². The summed E-state index contributed by atoms with van der Waals surface area (Å²) in [6, 6.07) is 10.2. The van der Waals surface area contributed by atoms with Gasteiger partial charge in [-0.15, -0.1) is 24.0 Å². The van der Waals surface area contributed by atoms with E-state index < -0.39 is 0 Å². The summed E-state index contributed by atoms with van der Waals surface area (Å²) in [4.78, 5) is 11.7. The lowest BCUT2D eigenvalue weighted by molar-refractivity contribution is 0.468. The minimum atomic E-state index is 0. The predicted octanol–water partition coefficient (Wildman–Crippen LogP) is 3.42. The van der Waals surface area contributed by atoms with Gasteiger partial charge in [0.05, 0.1) is 18.4 Å². The molecule has 4 rings (SSSR count). The number of nitrogens with zero attached hydrogens (tertiary/aromatic N) is 5. The average Bonchev–Trinajstić information content (AvgIpc) is 3.42. The summed E-state index contributed by atoms with van der Waals surface area (Å²) in [5.41, 5.74) is 2.95. The first-order valence-corrected chi connectivity index (χ1v) is 10.5. The van der Waals surface area contributed by atoms with E-state index >= 15 is 0 Å². The number of benzene rings is 1. The monoisotopic (exact) mass is 535 g/mol. The van der Waals surface area contributed by atoms with Crippen LogP contribution in [-0.2, 0) is 13.6 Å². The van der Waals surface area contributed by atoms with E-state index in [1.165, 1.54) is 5.69 Å². The highest BCUT2D eigenvalue weighted by Gasteiger charge is 2.21. The van der Waals surface area contributed by atoms with Gasteiger partial charge in [0.15, 0.2) is 5.96 Å². The predicted molar refractivity (Wildman–Crippen MR) is 134 cm³/mol. The quantitative estimate of drug-likeness (QED) is 0.286. The zero-order chi connectivity index (χ0) is 20.8. The number of oxazole rings is 1. The molecule has 0 saturated carbocycles. The third-order valence-electron chi connectivity index (χ3n) is 5.13. The second-order valence-electron chi connectivity index (χ2n) is 7.51. The fourth-order valence-electron chi connectivity index (χ4n) is 3.67. The smallest absolute Gasteiger partial charge is 0.226 e. The number of hydrogen-bond acceptors (Lipinski definition) is 5. The summed E-state index contributed by atoms with van der Waals surface area (Å²) < 4.78 is 7.47. The molecule has 8 nitrogen and oxygen atoms in total. The van der Waals surface area contributed by atoms with Crippen molar-refractivity contribution >= 4 is 35.6 Å². The maximum absolute atomic E-state index is 5.62. The van der Waals surface area contributed by atoms with Crippen LogP contribution < -0.4 is 15.5 Å². The summed E-state index contributed by atoms with van der Waals surface area (Å²) in [5, 5.41) is 11.2. The molecule has 0 spiro atoms. The van der Waals surface area contributed by atoms with Gasteiger partial charge in [0, 0.05) is 44.5 Å². The molecule has 31 heavy (non-hydrogen) atoms. The number of piperidine rings is 1. The molecule has 9 heteroatoms. The third kappa shape index (κ3) is 6.22. The lowest BCUT2D eigenvalue weighted by atomic mass is 10.1. The fraction of sp³-hybridized carbons (Fsp3) is 0.409. The Hall–Kier alpha value is -2.56. The van der Waals surface area contributed by atoms with Crippen molar-refractivity contribution in [1.82, 2.24) is 25.4 Å². The number of aryl methyl sites for hydroxylation is 1. The first kappa shape index (κ1) is 23.1. The second-order valence-corrected chi connectivity index (χ2v) is 7.51. The molecule has 3 heterocycles. The standard InChI is InChI=1S/C22H29N7O.HI/c1-3-23-22(24-12-19-16-30-21(26-19)17-8-5-4-6-9-17)27-18-10-7-11-29(14-18)20-13-25-28(2)15-20;/h4-6,8-9,13,15-16,18H,3,7,10-12,14H2,1-2H3,(H2,23,24,27);1H. The lowest BCUT2D eigenvalue weighted by Crippen LogP contribution is -2.51. The van der Waals surface area contributed by atoms with Gasteiger partial charge in [0.2, 0.25) is 5.89 Å². The van der Waals surface area contributed by atoms with E-state index in [1.807, 2.05) is 48.3 Å². The van der Waals surface area contributed by atoms with Crippen molar-refractivity contribution in [3.05, 3.63) is 54.7 Å². The van der Waals surface area contributed by atoms with Gasteiger partial charge in [-0.2, -0.15) is 5.10 Å². The Balaban J connectivity index is 0.00000272. The summed E-state index contributed by atoms with van der Waals surface area (Å²) >= 11 is 0. The van der Waals surface area contributed by atoms with Crippen LogP contribution in [0.5, 0.6) is 0 Å². The maximum Gasteiger partial charge on any atom is 0.226 e. The number of aromatic nitrogens is 3. The van der Waals surface area contributed by atoms with Crippen LogP contribution in [0.25, 0.3) is 11.5 Å². The van der Waals surface area contributed by atoms with Crippen LogP contribution >= 0.6 is 24.0 Å². The highest BCUT2D eigenvalue weighted by molar-refractivity contribution is 14.0. The van der Waals surface area contributed by atoms with Crippen LogP contribution in [0.15, 0.2) is 58.4 Å². The number of anilines is 1. The van der Waals surface area contributed by atoms with Crippen molar-refractivity contribution < 1.29 is 4.42 Å². The Bertz CT molecular complexity index is 969. The molecule has 1 aliphatic rings. The highest BCUT2D eigenvalue weighted by atomic mass is 127. The molecule has 3 aromatic rings. The average molecular weight is 535 g/mol. The van der Waals surface area contributed by atoms with Crippen LogP contribution in [0.3, 0.4) is 0 Å². The Morgan fingerprint density at radius 2 is 2.13 bits per heavy atom. The Morgan fingerprint density at radius 3 is 2.87 bits per heavy atom. The summed E-state index contributed by atoms with van der Waals surface area (Å²) in [7, 11) is 1.95. The van der Waals surface area contributed by atoms with Gasteiger partial charge in [-0.3, -0.25) is 4.68 Å². The summed E-state index contributed by atoms with van der Waals surface area (Å²) in [5.74, 6) is 1.43. The molecule has 1 aromatic carbocycles. The second kappa shape index (κ2) is 11.2. The van der Waals surface area contributed by atoms with Gasteiger partial charge >= 0.3 is 0 Å². The van der Waals surface area contributed by atoms with Crippen molar-refractivity contribution in [3.8, 4) is 11.5 Å². The van der Waals surface area contributed by atoms with Crippen molar-refractivity contribution in [2.45, 2.75) is 32.4 Å². The van der Waals surface area contributed by atoms with Crippen molar-refractivity contribution in [2.75, 3.05) is 24.5 Å².